The van der Waals surface area contributed by atoms with Crippen molar-refractivity contribution in [1.82, 2.24) is 14.1 Å². The molecule has 0 aliphatic rings. The molecule has 4 rings (SSSR count). The van der Waals surface area contributed by atoms with Gasteiger partial charge in [-0.2, -0.15) is 0 Å². The summed E-state index contributed by atoms with van der Waals surface area (Å²) in [6.07, 6.45) is 2.29. The van der Waals surface area contributed by atoms with E-state index in [0.29, 0.717) is 39.1 Å². The van der Waals surface area contributed by atoms with Gasteiger partial charge in [-0.25, -0.2) is 9.78 Å². The van der Waals surface area contributed by atoms with Crippen LogP contribution >= 0.6 is 11.3 Å². The standard InChI is InChI=1S/C21H20N4O3S/c1-3-11-24-20(27)18-17(15-5-4-10-22-19(15)29-18)25(21(24)28)12-16(26)23-14-8-6-13(2)7-9-14/h4-10H,3,11-12H2,1-2H3,(H,23,26). The van der Waals surface area contributed by atoms with Crippen molar-refractivity contribution < 1.29 is 4.79 Å². The zero-order valence-corrected chi connectivity index (χ0v) is 17.0. The lowest BCUT2D eigenvalue weighted by molar-refractivity contribution is -0.116. The first-order valence-corrected chi connectivity index (χ1v) is 10.2. The zero-order valence-electron chi connectivity index (χ0n) is 16.1. The van der Waals surface area contributed by atoms with Gasteiger partial charge in [0.25, 0.3) is 5.56 Å². The number of benzene rings is 1. The Bertz CT molecular complexity index is 1330. The number of hydrogen-bond donors (Lipinski definition) is 1. The number of aryl methyl sites for hydroxylation is 1. The van der Waals surface area contributed by atoms with Gasteiger partial charge >= 0.3 is 5.69 Å². The normalized spacial score (nSPS) is 11.2. The Morgan fingerprint density at radius 3 is 2.62 bits per heavy atom. The highest BCUT2D eigenvalue weighted by molar-refractivity contribution is 7.25. The third kappa shape index (κ3) is 3.47. The van der Waals surface area contributed by atoms with Crippen LogP contribution in [-0.2, 0) is 17.9 Å². The molecule has 7 nitrogen and oxygen atoms in total. The zero-order chi connectivity index (χ0) is 20.5. The van der Waals surface area contributed by atoms with E-state index in [-0.39, 0.29) is 18.0 Å². The van der Waals surface area contributed by atoms with Crippen molar-refractivity contribution in [3.63, 3.8) is 0 Å². The lowest BCUT2D eigenvalue weighted by Gasteiger charge is -2.12. The first-order chi connectivity index (χ1) is 14.0. The number of pyridine rings is 1. The number of rotatable bonds is 5. The third-order valence-electron chi connectivity index (χ3n) is 4.70. The van der Waals surface area contributed by atoms with Crippen LogP contribution in [0.1, 0.15) is 18.9 Å². The van der Waals surface area contributed by atoms with Crippen LogP contribution in [0.5, 0.6) is 0 Å². The van der Waals surface area contributed by atoms with Gasteiger partial charge < -0.3 is 5.32 Å². The molecule has 0 fully saturated rings. The molecule has 0 radical (unpaired) electrons. The van der Waals surface area contributed by atoms with E-state index in [2.05, 4.69) is 10.3 Å². The lowest BCUT2D eigenvalue weighted by Crippen LogP contribution is -2.41. The Balaban J connectivity index is 1.85. The second-order valence-electron chi connectivity index (χ2n) is 6.88. The molecule has 0 saturated heterocycles. The average molecular weight is 408 g/mol. The van der Waals surface area contributed by atoms with Crippen LogP contribution < -0.4 is 16.6 Å². The fourth-order valence-corrected chi connectivity index (χ4v) is 4.43. The lowest BCUT2D eigenvalue weighted by atomic mass is 10.2. The highest BCUT2D eigenvalue weighted by Crippen LogP contribution is 2.29. The number of carbonyl (C=O) groups is 1. The van der Waals surface area contributed by atoms with Gasteiger partial charge in [0.05, 0.1) is 5.52 Å². The molecular formula is C21H20N4O3S. The molecule has 3 heterocycles. The second-order valence-corrected chi connectivity index (χ2v) is 7.87. The van der Waals surface area contributed by atoms with Gasteiger partial charge in [0.15, 0.2) is 0 Å². The summed E-state index contributed by atoms with van der Waals surface area (Å²) < 4.78 is 3.03. The Morgan fingerprint density at radius 2 is 1.90 bits per heavy atom. The summed E-state index contributed by atoms with van der Waals surface area (Å²) in [5.74, 6) is -0.331. The van der Waals surface area contributed by atoms with Gasteiger partial charge in [0, 0.05) is 23.8 Å². The molecule has 0 saturated carbocycles. The molecule has 1 aromatic carbocycles. The number of nitrogens with zero attached hydrogens (tertiary/aromatic N) is 3. The number of carbonyl (C=O) groups excluding carboxylic acids is 1. The highest BCUT2D eigenvalue weighted by Gasteiger charge is 2.20. The van der Waals surface area contributed by atoms with Crippen LogP contribution in [0.4, 0.5) is 5.69 Å². The maximum Gasteiger partial charge on any atom is 0.332 e. The van der Waals surface area contributed by atoms with E-state index in [9.17, 15) is 14.4 Å². The summed E-state index contributed by atoms with van der Waals surface area (Å²) in [7, 11) is 0. The quantitative estimate of drug-likeness (QED) is 0.550. The van der Waals surface area contributed by atoms with Crippen molar-refractivity contribution in [1.29, 1.82) is 0 Å². The summed E-state index contributed by atoms with van der Waals surface area (Å²) in [5, 5.41) is 3.52. The van der Waals surface area contributed by atoms with Crippen molar-refractivity contribution >= 4 is 43.4 Å². The number of thiophene rings is 1. The van der Waals surface area contributed by atoms with Gasteiger partial charge in [-0.3, -0.25) is 18.7 Å². The molecule has 1 amide bonds. The summed E-state index contributed by atoms with van der Waals surface area (Å²) in [5.41, 5.74) is 1.41. The van der Waals surface area contributed by atoms with Crippen LogP contribution in [0.15, 0.2) is 52.2 Å². The summed E-state index contributed by atoms with van der Waals surface area (Å²) in [6, 6.07) is 11.0. The van der Waals surface area contributed by atoms with Crippen molar-refractivity contribution in [3.8, 4) is 0 Å². The van der Waals surface area contributed by atoms with Crippen LogP contribution in [-0.4, -0.2) is 20.0 Å². The highest BCUT2D eigenvalue weighted by atomic mass is 32.1. The topological polar surface area (TPSA) is 86.0 Å². The number of amides is 1. The van der Waals surface area contributed by atoms with Crippen molar-refractivity contribution in [3.05, 3.63) is 69.0 Å². The minimum atomic E-state index is -0.480. The van der Waals surface area contributed by atoms with E-state index in [1.807, 2.05) is 44.2 Å². The Morgan fingerprint density at radius 1 is 1.14 bits per heavy atom. The monoisotopic (exact) mass is 408 g/mol. The Hall–Kier alpha value is -3.26. The first-order valence-electron chi connectivity index (χ1n) is 9.37. The average Bonchev–Trinajstić information content (AvgIpc) is 3.10. The molecule has 8 heteroatoms. The molecule has 1 N–H and O–H groups in total. The van der Waals surface area contributed by atoms with Crippen molar-refractivity contribution in [2.45, 2.75) is 33.4 Å². The molecule has 0 aliphatic carbocycles. The molecule has 0 unspecified atom stereocenters. The van der Waals surface area contributed by atoms with Crippen LogP contribution in [0, 0.1) is 6.92 Å². The smallest absolute Gasteiger partial charge is 0.325 e. The van der Waals surface area contributed by atoms with E-state index < -0.39 is 5.69 Å². The SMILES string of the molecule is CCCn1c(=O)c2sc3ncccc3c2n(CC(=O)Nc2ccc(C)cc2)c1=O. The Kier molecular flexibility index (Phi) is 5.02. The van der Waals surface area contributed by atoms with E-state index in [0.717, 1.165) is 5.56 Å². The molecule has 29 heavy (non-hydrogen) atoms. The summed E-state index contributed by atoms with van der Waals surface area (Å²) in [6.45, 7) is 3.98. The number of hydrogen-bond acceptors (Lipinski definition) is 5. The molecule has 0 spiro atoms. The molecule has 148 valence electrons. The van der Waals surface area contributed by atoms with Gasteiger partial charge in [-0.05, 0) is 37.6 Å². The predicted molar refractivity (Wildman–Crippen MR) is 116 cm³/mol. The van der Waals surface area contributed by atoms with Crippen LogP contribution in [0.25, 0.3) is 20.4 Å². The number of anilines is 1. The Labute approximate surface area is 170 Å². The van der Waals surface area contributed by atoms with Crippen molar-refractivity contribution in [2.75, 3.05) is 5.32 Å². The van der Waals surface area contributed by atoms with E-state index in [1.165, 1.54) is 20.5 Å². The maximum atomic E-state index is 13.1. The molecular weight excluding hydrogens is 388 g/mol. The van der Waals surface area contributed by atoms with Crippen LogP contribution in [0.3, 0.4) is 0 Å². The summed E-state index contributed by atoms with van der Waals surface area (Å²) >= 11 is 1.25. The molecule has 0 atom stereocenters. The number of nitrogens with one attached hydrogen (secondary N) is 1. The first kappa shape index (κ1) is 19.1. The van der Waals surface area contributed by atoms with Gasteiger partial charge in [0.2, 0.25) is 5.91 Å². The molecule has 0 bridgehead atoms. The molecule has 4 aromatic rings. The third-order valence-corrected chi connectivity index (χ3v) is 5.79. The fraction of sp³-hybridized carbons (Fsp3) is 0.238. The van der Waals surface area contributed by atoms with E-state index >= 15 is 0 Å². The van der Waals surface area contributed by atoms with E-state index in [1.54, 1.807) is 12.3 Å². The minimum absolute atomic E-state index is 0.187. The predicted octanol–water partition coefficient (Wildman–Crippen LogP) is 3.13. The molecule has 3 aromatic heterocycles. The minimum Gasteiger partial charge on any atom is -0.325 e. The fourth-order valence-electron chi connectivity index (χ4n) is 3.33. The molecule has 0 aliphatic heterocycles. The van der Waals surface area contributed by atoms with Gasteiger partial charge in [-0.1, -0.05) is 24.6 Å². The van der Waals surface area contributed by atoms with Gasteiger partial charge in [-0.15, -0.1) is 11.3 Å². The largest absolute Gasteiger partial charge is 0.332 e. The maximum absolute atomic E-state index is 13.1. The second kappa shape index (κ2) is 7.63. The number of fused-ring (bicyclic) bond motifs is 3. The number of aromatic nitrogens is 3. The van der Waals surface area contributed by atoms with Gasteiger partial charge in [0.1, 0.15) is 16.1 Å². The van der Waals surface area contributed by atoms with E-state index in [4.69, 9.17) is 0 Å². The summed E-state index contributed by atoms with van der Waals surface area (Å²) in [4.78, 5) is 43.7. The van der Waals surface area contributed by atoms with Crippen molar-refractivity contribution in [2.24, 2.45) is 0 Å². The van der Waals surface area contributed by atoms with Crippen LogP contribution in [0.2, 0.25) is 0 Å².